The van der Waals surface area contributed by atoms with Crippen molar-refractivity contribution in [3.05, 3.63) is 59.6 Å². The summed E-state index contributed by atoms with van der Waals surface area (Å²) in [6, 6.07) is 11.7. The van der Waals surface area contributed by atoms with Crippen molar-refractivity contribution in [2.24, 2.45) is 0 Å². The van der Waals surface area contributed by atoms with Crippen LogP contribution in [0, 0.1) is 29.6 Å². The van der Waals surface area contributed by atoms with Crippen LogP contribution in [0.4, 0.5) is 11.5 Å². The van der Waals surface area contributed by atoms with E-state index in [0.29, 0.717) is 25.2 Å². The molecule has 1 fully saturated rings. The molecule has 0 aliphatic carbocycles. The highest BCUT2D eigenvalue weighted by atomic mass is 16.2. The lowest BCUT2D eigenvalue weighted by atomic mass is 10.0. The molecule has 2 aromatic rings. The van der Waals surface area contributed by atoms with Gasteiger partial charge in [0.1, 0.15) is 17.7 Å². The van der Waals surface area contributed by atoms with Gasteiger partial charge in [0.05, 0.1) is 29.6 Å². The third kappa shape index (κ3) is 4.87. The van der Waals surface area contributed by atoms with Crippen LogP contribution >= 0.6 is 0 Å². The number of carbonyl (C=O) groups is 1. The summed E-state index contributed by atoms with van der Waals surface area (Å²) in [5, 5.41) is 16.8. The van der Waals surface area contributed by atoms with Crippen molar-refractivity contribution in [1.29, 1.82) is 10.5 Å². The van der Waals surface area contributed by atoms with Crippen molar-refractivity contribution >= 4 is 17.4 Å². The van der Waals surface area contributed by atoms with E-state index in [4.69, 9.17) is 15.2 Å². The average molecular weight is 430 g/mol. The zero-order valence-corrected chi connectivity index (χ0v) is 18.6. The number of carbonyl (C=O) groups excluding carboxylic acids is 1. The second kappa shape index (κ2) is 10.4. The molecule has 1 aromatic heterocycles. The Morgan fingerprint density at radius 2 is 1.78 bits per heavy atom. The van der Waals surface area contributed by atoms with Crippen LogP contribution in [0.1, 0.15) is 29.6 Å². The summed E-state index contributed by atoms with van der Waals surface area (Å²) in [5.74, 6) is 1.72. The van der Waals surface area contributed by atoms with Crippen molar-refractivity contribution in [3.63, 3.8) is 0 Å². The molecule has 1 saturated heterocycles. The van der Waals surface area contributed by atoms with E-state index in [1.807, 2.05) is 36.1 Å². The zero-order chi connectivity index (χ0) is 23.1. The van der Waals surface area contributed by atoms with Crippen LogP contribution in [0.5, 0.6) is 0 Å². The monoisotopic (exact) mass is 429 g/mol. The number of fused-ring (bicyclic) bond motifs is 1. The minimum Gasteiger partial charge on any atom is -0.364 e. The number of rotatable bonds is 3. The second-order valence-corrected chi connectivity index (χ2v) is 7.56. The predicted octanol–water partition coefficient (Wildman–Crippen LogP) is 2.58. The summed E-state index contributed by atoms with van der Waals surface area (Å²) < 4.78 is 0. The summed E-state index contributed by atoms with van der Waals surface area (Å²) in [6.45, 7) is 11.3. The summed E-state index contributed by atoms with van der Waals surface area (Å²) in [7, 11) is 0. The van der Waals surface area contributed by atoms with E-state index in [9.17, 15) is 10.1 Å². The lowest BCUT2D eigenvalue weighted by molar-refractivity contribution is -0.126. The first-order valence-electron chi connectivity index (χ1n) is 10.6. The maximum absolute atomic E-state index is 11.9. The fraction of sp³-hybridized carbons (Fsp3) is 0.375. The standard InChI is InChI=1S/C22H24N6O.C2H3N/c1-3-21(29)26-10-12-27(13-11-26)22-18-8-9-28(15-19(18)24-16(2)25-22)20-7-5-4-6-17(20)14-23;1-2-3/h3-7H,1,8-13,15H2,2H3;1H3. The molecule has 0 atom stereocenters. The molecular weight excluding hydrogens is 402 g/mol. The normalized spacial score (nSPS) is 14.9. The number of nitrogens with zero attached hydrogens (tertiary/aromatic N) is 7. The number of nitriles is 2. The molecule has 0 radical (unpaired) electrons. The summed E-state index contributed by atoms with van der Waals surface area (Å²) in [5.41, 5.74) is 3.85. The molecule has 8 nitrogen and oxygen atoms in total. The Morgan fingerprint density at radius 3 is 2.44 bits per heavy atom. The Labute approximate surface area is 189 Å². The van der Waals surface area contributed by atoms with E-state index in [-0.39, 0.29) is 5.91 Å². The number of piperazine rings is 1. The van der Waals surface area contributed by atoms with Gasteiger partial charge >= 0.3 is 0 Å². The van der Waals surface area contributed by atoms with Crippen molar-refractivity contribution < 1.29 is 4.79 Å². The molecule has 0 saturated carbocycles. The Bertz CT molecular complexity index is 1070. The molecule has 3 heterocycles. The fourth-order valence-electron chi connectivity index (χ4n) is 4.11. The topological polar surface area (TPSA) is 100 Å². The number of hydrogen-bond donors (Lipinski definition) is 0. The third-order valence-electron chi connectivity index (χ3n) is 5.59. The first-order chi connectivity index (χ1) is 15.5. The highest BCUT2D eigenvalue weighted by Crippen LogP contribution is 2.31. The molecule has 164 valence electrons. The Hall–Kier alpha value is -3.91. The number of aryl methyl sites for hydroxylation is 1. The number of benzene rings is 1. The van der Waals surface area contributed by atoms with E-state index < -0.39 is 0 Å². The van der Waals surface area contributed by atoms with E-state index >= 15 is 0 Å². The quantitative estimate of drug-likeness (QED) is 0.691. The van der Waals surface area contributed by atoms with Gasteiger partial charge in [-0.1, -0.05) is 18.7 Å². The second-order valence-electron chi connectivity index (χ2n) is 7.56. The number of para-hydroxylation sites is 1. The first kappa shape index (κ1) is 22.8. The van der Waals surface area contributed by atoms with Gasteiger partial charge in [-0.2, -0.15) is 10.5 Å². The highest BCUT2D eigenvalue weighted by Gasteiger charge is 2.28. The molecule has 8 heteroatoms. The summed E-state index contributed by atoms with van der Waals surface area (Å²) in [6.07, 6.45) is 2.20. The van der Waals surface area contributed by atoms with Gasteiger partial charge in [-0.3, -0.25) is 4.79 Å². The third-order valence-corrected chi connectivity index (χ3v) is 5.59. The number of anilines is 2. The minimum atomic E-state index is -0.0163. The maximum Gasteiger partial charge on any atom is 0.246 e. The minimum absolute atomic E-state index is 0.0163. The van der Waals surface area contributed by atoms with Gasteiger partial charge in [-0.05, 0) is 31.6 Å². The van der Waals surface area contributed by atoms with E-state index in [2.05, 4.69) is 22.4 Å². The molecule has 32 heavy (non-hydrogen) atoms. The summed E-state index contributed by atoms with van der Waals surface area (Å²) >= 11 is 0. The van der Waals surface area contributed by atoms with Crippen molar-refractivity contribution in [2.75, 3.05) is 42.5 Å². The zero-order valence-electron chi connectivity index (χ0n) is 18.6. The van der Waals surface area contributed by atoms with Crippen LogP contribution in [0.3, 0.4) is 0 Å². The maximum atomic E-state index is 11.9. The lowest BCUT2D eigenvalue weighted by Gasteiger charge is -2.38. The van der Waals surface area contributed by atoms with Crippen LogP contribution in [-0.2, 0) is 17.8 Å². The van der Waals surface area contributed by atoms with Crippen LogP contribution in [0.15, 0.2) is 36.9 Å². The number of amides is 1. The molecule has 1 amide bonds. The number of hydrogen-bond acceptors (Lipinski definition) is 7. The van der Waals surface area contributed by atoms with Gasteiger partial charge in [-0.15, -0.1) is 0 Å². The Morgan fingerprint density at radius 1 is 1.09 bits per heavy atom. The molecule has 0 bridgehead atoms. The van der Waals surface area contributed by atoms with Crippen LogP contribution < -0.4 is 9.80 Å². The lowest BCUT2D eigenvalue weighted by Crippen LogP contribution is -2.49. The number of aromatic nitrogens is 2. The van der Waals surface area contributed by atoms with Gasteiger partial charge in [0.25, 0.3) is 0 Å². The summed E-state index contributed by atoms with van der Waals surface area (Å²) in [4.78, 5) is 27.6. The molecule has 0 unspecified atom stereocenters. The predicted molar refractivity (Wildman–Crippen MR) is 123 cm³/mol. The average Bonchev–Trinajstić information content (AvgIpc) is 2.83. The van der Waals surface area contributed by atoms with Crippen LogP contribution in [0.2, 0.25) is 0 Å². The Balaban J connectivity index is 0.000000913. The molecule has 2 aliphatic heterocycles. The van der Waals surface area contributed by atoms with Gasteiger partial charge < -0.3 is 14.7 Å². The van der Waals surface area contributed by atoms with Gasteiger partial charge in [0.15, 0.2) is 0 Å². The van der Waals surface area contributed by atoms with Crippen LogP contribution in [0.25, 0.3) is 0 Å². The van der Waals surface area contributed by atoms with E-state index in [0.717, 1.165) is 49.1 Å². The van der Waals surface area contributed by atoms with Crippen molar-refractivity contribution in [3.8, 4) is 12.1 Å². The molecule has 2 aliphatic rings. The smallest absolute Gasteiger partial charge is 0.246 e. The van der Waals surface area contributed by atoms with E-state index in [1.54, 1.807) is 6.07 Å². The molecule has 0 N–H and O–H groups in total. The van der Waals surface area contributed by atoms with Crippen molar-refractivity contribution in [1.82, 2.24) is 14.9 Å². The van der Waals surface area contributed by atoms with E-state index in [1.165, 1.54) is 18.6 Å². The first-order valence-corrected chi connectivity index (χ1v) is 10.6. The Kier molecular flexibility index (Phi) is 7.41. The fourth-order valence-corrected chi connectivity index (χ4v) is 4.11. The van der Waals surface area contributed by atoms with Gasteiger partial charge in [-0.25, -0.2) is 9.97 Å². The largest absolute Gasteiger partial charge is 0.364 e. The molecule has 0 spiro atoms. The SMILES string of the molecule is C=CC(=O)N1CCN(c2nc(C)nc3c2CCN(c2ccccc2C#N)C3)CC1.CC#N. The molecule has 4 rings (SSSR count). The highest BCUT2D eigenvalue weighted by molar-refractivity contribution is 5.87. The van der Waals surface area contributed by atoms with Gasteiger partial charge in [0.2, 0.25) is 5.91 Å². The van der Waals surface area contributed by atoms with Crippen LogP contribution in [-0.4, -0.2) is 53.5 Å². The van der Waals surface area contributed by atoms with Crippen molar-refractivity contribution in [2.45, 2.75) is 26.8 Å². The molecule has 1 aromatic carbocycles. The van der Waals surface area contributed by atoms with Gasteiger partial charge in [0, 0.05) is 45.2 Å². The molecular formula is C24H27N7O.